The van der Waals surface area contributed by atoms with E-state index < -0.39 is 29.7 Å². The van der Waals surface area contributed by atoms with Crippen molar-refractivity contribution in [1.82, 2.24) is 21.0 Å². The van der Waals surface area contributed by atoms with Gasteiger partial charge in [-0.15, -0.1) is 0 Å². The Hall–Kier alpha value is -3.92. The smallest absolute Gasteiger partial charge is 0.410 e. The van der Waals surface area contributed by atoms with Crippen molar-refractivity contribution in [2.75, 3.05) is 6.54 Å². The number of nitrogens with one attached hydrogen (secondary N) is 4. The van der Waals surface area contributed by atoms with Crippen molar-refractivity contribution in [3.63, 3.8) is 0 Å². The molecule has 3 atom stereocenters. The van der Waals surface area contributed by atoms with E-state index in [1.807, 2.05) is 35.8 Å². The minimum absolute atomic E-state index is 0.00115. The van der Waals surface area contributed by atoms with Crippen LogP contribution in [0.3, 0.4) is 0 Å². The summed E-state index contributed by atoms with van der Waals surface area (Å²) < 4.78 is 12.6. The fourth-order valence-electron chi connectivity index (χ4n) is 4.14. The number of rotatable bonds is 7. The molecule has 37 heavy (non-hydrogen) atoms. The summed E-state index contributed by atoms with van der Waals surface area (Å²) in [5.41, 5.74) is 3.46. The number of carbonyl (C=O) groups is 3. The second kappa shape index (κ2) is 11.9. The van der Waals surface area contributed by atoms with Gasteiger partial charge in [-0.25, -0.2) is 4.79 Å². The first-order valence-electron chi connectivity index (χ1n) is 12.6. The molecule has 2 aromatic carbocycles. The van der Waals surface area contributed by atoms with Crippen LogP contribution in [-0.4, -0.2) is 58.1 Å². The molecular weight excluding hydrogens is 474 g/mol. The van der Waals surface area contributed by atoms with E-state index in [4.69, 9.17) is 11.4 Å². The average molecular weight is 510 g/mol. The molecule has 1 aliphatic heterocycles. The molecule has 1 saturated heterocycles. The normalized spacial score (nSPS) is 19.0. The van der Waals surface area contributed by atoms with Crippen LogP contribution in [0.25, 0.3) is 0 Å². The van der Waals surface area contributed by atoms with Crippen molar-refractivity contribution in [3.8, 4) is 0 Å². The van der Waals surface area contributed by atoms with Gasteiger partial charge in [-0.05, 0) is 45.2 Å². The van der Waals surface area contributed by atoms with Gasteiger partial charge in [0.1, 0.15) is 23.5 Å². The maximum atomic E-state index is 13.3. The van der Waals surface area contributed by atoms with Crippen LogP contribution in [0.4, 0.5) is 4.79 Å². The van der Waals surface area contributed by atoms with Crippen LogP contribution < -0.4 is 16.1 Å². The van der Waals surface area contributed by atoms with Crippen LogP contribution in [0.1, 0.15) is 56.7 Å². The summed E-state index contributed by atoms with van der Waals surface area (Å²) in [5.74, 6) is -0.832. The molecule has 5 N–H and O–H groups in total. The second-order valence-electron chi connectivity index (χ2n) is 10.1. The van der Waals surface area contributed by atoms with E-state index in [-0.39, 0.29) is 24.2 Å². The van der Waals surface area contributed by atoms with Crippen LogP contribution in [0.5, 0.6) is 0 Å². The first kappa shape index (κ1) is 26.2. The fourth-order valence-corrected chi connectivity index (χ4v) is 4.14. The Balaban J connectivity index is 1.62. The Labute approximate surface area is 218 Å². The van der Waals surface area contributed by atoms with Gasteiger partial charge in [0.05, 0.1) is 0 Å². The summed E-state index contributed by atoms with van der Waals surface area (Å²) in [5, 5.41) is 17.7. The molecule has 1 fully saturated rings. The highest BCUT2D eigenvalue weighted by atomic mass is 16.6. The fraction of sp³-hybridized carbons (Fsp3) is 0.407. The van der Waals surface area contributed by atoms with Gasteiger partial charge in [0.25, 0.3) is 0 Å². The highest BCUT2D eigenvalue weighted by molar-refractivity contribution is 5.95. The van der Waals surface area contributed by atoms with Gasteiger partial charge in [0, 0.05) is 24.6 Å². The van der Waals surface area contributed by atoms with Crippen LogP contribution in [-0.2, 0) is 20.9 Å². The number of benzene rings is 2. The van der Waals surface area contributed by atoms with Crippen LogP contribution in [0.15, 0.2) is 54.6 Å². The molecule has 0 spiro atoms. The maximum Gasteiger partial charge on any atom is 0.410 e. The van der Waals surface area contributed by atoms with E-state index in [1.54, 1.807) is 52.0 Å². The van der Waals surface area contributed by atoms with Crippen LogP contribution in [0.2, 0.25) is 1.41 Å². The third kappa shape index (κ3) is 7.53. The Morgan fingerprint density at radius 2 is 1.84 bits per heavy atom. The summed E-state index contributed by atoms with van der Waals surface area (Å²) in [4.78, 5) is 40.4. The zero-order chi connectivity index (χ0) is 27.9. The summed E-state index contributed by atoms with van der Waals surface area (Å²) in [6.07, 6.45) is -0.145. The van der Waals surface area contributed by atoms with E-state index >= 15 is 0 Å². The van der Waals surface area contributed by atoms with Crippen molar-refractivity contribution >= 4 is 23.7 Å². The van der Waals surface area contributed by atoms with Crippen molar-refractivity contribution < 1.29 is 25.7 Å². The number of amidine groups is 1. The van der Waals surface area contributed by atoms with Gasteiger partial charge < -0.3 is 15.4 Å². The third-order valence-corrected chi connectivity index (χ3v) is 6.05. The first-order chi connectivity index (χ1) is 18.0. The average Bonchev–Trinajstić information content (AvgIpc) is 3.34. The standard InChI is InChI=1S/C27H35N5O5/c1-17(24(33)29-15-18-10-12-20(13-11-18)23(28)31-36)30-25(34)22-14-21(19-8-6-5-7-9-19)16-32(22)26(35)37-27(2,3)4/h5-13,17,21-22,36H,14-16H2,1-4H3,(H2,28,31)(H,29,33)(H,30,34)/t17-,21-,22+/m0/s1. The zero-order valence-electron chi connectivity index (χ0n) is 22.5. The minimum Gasteiger partial charge on any atom is -0.444 e. The Morgan fingerprint density at radius 1 is 1.16 bits per heavy atom. The van der Waals surface area contributed by atoms with E-state index in [9.17, 15) is 14.4 Å². The highest BCUT2D eigenvalue weighted by Crippen LogP contribution is 2.33. The lowest BCUT2D eigenvalue weighted by Gasteiger charge is -2.28. The number of likely N-dealkylation sites (tertiary alicyclic amines) is 1. The lowest BCUT2D eigenvalue weighted by molar-refractivity contribution is -0.131. The molecule has 0 unspecified atom stereocenters. The Kier molecular flexibility index (Phi) is 8.39. The number of hydrogen-bond acceptors (Lipinski definition) is 6. The van der Waals surface area contributed by atoms with E-state index in [1.165, 1.54) is 4.90 Å². The van der Waals surface area contributed by atoms with E-state index in [0.29, 0.717) is 18.5 Å². The molecule has 2 aromatic rings. The van der Waals surface area contributed by atoms with Gasteiger partial charge >= 0.3 is 6.09 Å². The summed E-state index contributed by atoms with van der Waals surface area (Å²) in [6, 6.07) is 14.9. The molecule has 1 heterocycles. The summed E-state index contributed by atoms with van der Waals surface area (Å²) in [7, 11) is 0. The SMILES string of the molecule is [H]/N=C(\NO)c1ccc(CNC(=O)[C@H](C)NC(=O)[C@H]2C[C@H](c3ccccc3)CN2C(=O)OC(C)(C)C)cc1. The van der Waals surface area contributed by atoms with E-state index in [2.05, 4.69) is 16.0 Å². The molecule has 3 rings (SSSR count). The predicted octanol–water partition coefficient (Wildman–Crippen LogP) is 2.90. The van der Waals surface area contributed by atoms with Crippen molar-refractivity contribution in [2.24, 2.45) is 0 Å². The van der Waals surface area contributed by atoms with Crippen molar-refractivity contribution in [3.05, 3.63) is 71.3 Å². The number of amides is 3. The van der Waals surface area contributed by atoms with E-state index in [0.717, 1.165) is 11.1 Å². The van der Waals surface area contributed by atoms with Crippen molar-refractivity contribution in [1.29, 1.82) is 5.40 Å². The molecule has 3 amide bonds. The molecule has 10 nitrogen and oxygen atoms in total. The van der Waals surface area contributed by atoms with Crippen LogP contribution in [0, 0.1) is 5.40 Å². The number of ether oxygens (including phenoxy) is 1. The first-order valence-corrected chi connectivity index (χ1v) is 12.2. The monoisotopic (exact) mass is 509 g/mol. The minimum atomic E-state index is -0.835. The molecule has 0 saturated carbocycles. The number of hydroxylamine groups is 1. The Bertz CT molecular complexity index is 1150. The lowest BCUT2D eigenvalue weighted by Crippen LogP contribution is -2.52. The molecule has 0 radical (unpaired) electrons. The van der Waals surface area contributed by atoms with Gasteiger partial charge in [-0.1, -0.05) is 54.6 Å². The molecule has 10 heteroatoms. The molecule has 0 bridgehead atoms. The predicted molar refractivity (Wildman–Crippen MR) is 138 cm³/mol. The topological polar surface area (TPSA) is 144 Å². The third-order valence-electron chi connectivity index (χ3n) is 6.05. The lowest BCUT2D eigenvalue weighted by atomic mass is 9.96. The summed E-state index contributed by atoms with van der Waals surface area (Å²) >= 11 is 0. The zero-order valence-corrected chi connectivity index (χ0v) is 21.5. The maximum absolute atomic E-state index is 13.3. The molecule has 0 aromatic heterocycles. The van der Waals surface area contributed by atoms with Crippen molar-refractivity contribution in [2.45, 2.75) is 64.3 Å². The van der Waals surface area contributed by atoms with Gasteiger partial charge in [0.2, 0.25) is 11.8 Å². The molecule has 198 valence electrons. The number of hydrogen-bond donors (Lipinski definition) is 5. The summed E-state index contributed by atoms with van der Waals surface area (Å²) in [6.45, 7) is 7.46. The second-order valence-corrected chi connectivity index (χ2v) is 10.1. The molecule has 1 aliphatic rings. The quantitative estimate of drug-likeness (QED) is 0.221. The number of carbonyl (C=O) groups excluding carboxylic acids is 3. The van der Waals surface area contributed by atoms with Gasteiger partial charge in [-0.3, -0.25) is 30.6 Å². The Morgan fingerprint density at radius 3 is 2.43 bits per heavy atom. The van der Waals surface area contributed by atoms with Crippen LogP contribution >= 0.6 is 0 Å². The molecular formula is C27H35N5O5. The molecule has 0 aliphatic carbocycles. The highest BCUT2D eigenvalue weighted by Gasteiger charge is 2.42. The van der Waals surface area contributed by atoms with Gasteiger partial charge in [0.15, 0.2) is 1.41 Å². The number of nitrogens with zero attached hydrogens (tertiary/aromatic N) is 1. The van der Waals surface area contributed by atoms with Gasteiger partial charge in [-0.2, -0.15) is 0 Å². The largest absolute Gasteiger partial charge is 0.444 e.